The van der Waals surface area contributed by atoms with Gasteiger partial charge in [0.2, 0.25) is 0 Å². The van der Waals surface area contributed by atoms with Gasteiger partial charge in [-0.25, -0.2) is 0 Å². The molecule has 2 rings (SSSR count). The zero-order valence-corrected chi connectivity index (χ0v) is 60.3. The lowest BCUT2D eigenvalue weighted by molar-refractivity contribution is 0.197. The van der Waals surface area contributed by atoms with E-state index in [-0.39, 0.29) is 10.8 Å². The van der Waals surface area contributed by atoms with Crippen LogP contribution in [0.4, 0.5) is 0 Å². The second-order valence-electron chi connectivity index (χ2n) is 28.8. The van der Waals surface area contributed by atoms with Crippen LogP contribution < -0.4 is 9.05 Å². The molecule has 2 aromatic rings. The molecule has 0 bridgehead atoms. The van der Waals surface area contributed by atoms with Gasteiger partial charge >= 0.3 is 17.2 Å². The van der Waals surface area contributed by atoms with Crippen molar-refractivity contribution in [3.05, 3.63) is 46.5 Å². The highest BCUT2D eigenvalue weighted by Gasteiger charge is 2.28. The van der Waals surface area contributed by atoms with E-state index in [1.165, 1.54) is 238 Å². The molecule has 0 atom stereocenters. The number of hydrogen-bond acceptors (Lipinski definition) is 7. The van der Waals surface area contributed by atoms with E-state index in [1.54, 1.807) is 0 Å². The van der Waals surface area contributed by atoms with Gasteiger partial charge in [0.05, 0.1) is 26.4 Å². The smallest absolute Gasteiger partial charge is 0.397 e. The molecule has 0 saturated carbocycles. The summed E-state index contributed by atoms with van der Waals surface area (Å²) in [7, 11) is -3.10. The van der Waals surface area contributed by atoms with E-state index in [4.69, 9.17) is 27.1 Å². The molecular formula is C74H136O6P2S. The maximum absolute atomic E-state index is 6.92. The van der Waals surface area contributed by atoms with Crippen molar-refractivity contribution >= 4 is 29.0 Å². The van der Waals surface area contributed by atoms with Crippen LogP contribution in [0.5, 0.6) is 11.5 Å². The second kappa shape index (κ2) is 48.0. The van der Waals surface area contributed by atoms with Crippen molar-refractivity contribution in [1.82, 2.24) is 0 Å². The molecule has 0 fully saturated rings. The molecular weight excluding hydrogens is 1080 g/mol. The number of unbranched alkanes of at least 4 members (excludes halogenated alkanes) is 28. The molecule has 0 aliphatic carbocycles. The van der Waals surface area contributed by atoms with Gasteiger partial charge in [-0.15, -0.1) is 0 Å². The molecule has 0 heterocycles. The molecule has 0 spiro atoms. The van der Waals surface area contributed by atoms with Crippen LogP contribution in [0.15, 0.2) is 34.1 Å². The molecule has 0 N–H and O–H groups in total. The Morgan fingerprint density at radius 1 is 0.313 bits per heavy atom. The Labute approximate surface area is 523 Å². The fraction of sp³-hybridized carbons (Fsp3) is 0.838. The van der Waals surface area contributed by atoms with Crippen LogP contribution in [0, 0.1) is 37.5 Å². The van der Waals surface area contributed by atoms with Crippen molar-refractivity contribution in [2.24, 2.45) is 23.7 Å². The van der Waals surface area contributed by atoms with Crippen LogP contribution in [0.2, 0.25) is 0 Å². The van der Waals surface area contributed by atoms with Gasteiger partial charge < -0.3 is 27.1 Å². The molecule has 0 radical (unpaired) electrons. The summed E-state index contributed by atoms with van der Waals surface area (Å²) >= 11 is 1.85. The lowest BCUT2D eigenvalue weighted by Crippen LogP contribution is -2.14. The van der Waals surface area contributed by atoms with Crippen LogP contribution in [0.1, 0.15) is 350 Å². The van der Waals surface area contributed by atoms with E-state index in [2.05, 4.69) is 135 Å². The first-order valence-electron chi connectivity index (χ1n) is 35.1. The van der Waals surface area contributed by atoms with E-state index < -0.39 is 17.2 Å². The molecule has 0 amide bonds. The molecule has 0 aliphatic heterocycles. The van der Waals surface area contributed by atoms with E-state index in [0.717, 1.165) is 60.9 Å². The molecule has 0 aliphatic rings. The normalized spacial score (nSPS) is 12.5. The summed E-state index contributed by atoms with van der Waals surface area (Å²) in [6, 6.07) is 9.24. The minimum atomic E-state index is -1.55. The first kappa shape index (κ1) is 78.2. The van der Waals surface area contributed by atoms with Gasteiger partial charge in [-0.2, -0.15) is 0 Å². The van der Waals surface area contributed by atoms with Gasteiger partial charge in [0.25, 0.3) is 0 Å². The van der Waals surface area contributed by atoms with E-state index >= 15 is 0 Å². The summed E-state index contributed by atoms with van der Waals surface area (Å²) < 4.78 is 40.1. The van der Waals surface area contributed by atoms with Crippen molar-refractivity contribution in [2.75, 3.05) is 26.4 Å². The molecule has 83 heavy (non-hydrogen) atoms. The lowest BCUT2D eigenvalue weighted by atomic mass is 9.86. The third-order valence-electron chi connectivity index (χ3n) is 16.2. The molecule has 484 valence electrons. The average Bonchev–Trinajstić information content (AvgIpc) is 3.44. The summed E-state index contributed by atoms with van der Waals surface area (Å²) in [5.41, 5.74) is 4.40. The Bertz CT molecular complexity index is 1660. The summed E-state index contributed by atoms with van der Waals surface area (Å²) in [6.45, 7) is 39.6. The van der Waals surface area contributed by atoms with Crippen molar-refractivity contribution < 1.29 is 27.1 Å². The van der Waals surface area contributed by atoms with E-state index in [0.29, 0.717) is 26.4 Å². The van der Waals surface area contributed by atoms with Gasteiger partial charge in [0.1, 0.15) is 11.5 Å². The maximum Gasteiger partial charge on any atom is 0.397 e. The largest absolute Gasteiger partial charge is 0.426 e. The number of rotatable bonds is 54. The first-order chi connectivity index (χ1) is 39.7. The number of hydrogen-bond donors (Lipinski definition) is 0. The predicted octanol–water partition coefficient (Wildman–Crippen LogP) is 27.0. The SMILES string of the molecule is Cc1cc(OP(OCCCCCCCCCCC(C)C)OCCCCCCCCCCC(C)C)c(C(C)(C)C)cc1Sc1cc(C(C)(C)C)c(OP(OCCCCCCCCCCC(C)C)OCCCCCCCCCCC(C)C)cc1C. The average molecular weight is 1220 g/mol. The zero-order chi connectivity index (χ0) is 61.1. The van der Waals surface area contributed by atoms with E-state index in [1.807, 2.05) is 11.8 Å². The molecule has 0 unspecified atom stereocenters. The highest BCUT2D eigenvalue weighted by Crippen LogP contribution is 2.50. The molecule has 0 saturated heterocycles. The van der Waals surface area contributed by atoms with Gasteiger partial charge in [0.15, 0.2) is 0 Å². The third-order valence-corrected chi connectivity index (χ3v) is 19.8. The number of benzene rings is 2. The Kier molecular flexibility index (Phi) is 45.2. The highest BCUT2D eigenvalue weighted by atomic mass is 32.2. The van der Waals surface area contributed by atoms with Crippen molar-refractivity contribution in [2.45, 2.75) is 363 Å². The summed E-state index contributed by atoms with van der Waals surface area (Å²) in [5, 5.41) is 0. The van der Waals surface area contributed by atoms with Crippen LogP contribution >= 0.6 is 29.0 Å². The highest BCUT2D eigenvalue weighted by molar-refractivity contribution is 7.99. The Balaban J connectivity index is 2.23. The van der Waals surface area contributed by atoms with Crippen molar-refractivity contribution in [3.8, 4) is 11.5 Å². The van der Waals surface area contributed by atoms with Crippen LogP contribution in [-0.4, -0.2) is 26.4 Å². The second-order valence-corrected chi connectivity index (χ2v) is 32.2. The fourth-order valence-corrected chi connectivity index (χ4v) is 13.9. The summed E-state index contributed by atoms with van der Waals surface area (Å²) in [5.74, 6) is 5.04. The van der Waals surface area contributed by atoms with Gasteiger partial charge in [-0.05, 0) is 109 Å². The van der Waals surface area contributed by atoms with Crippen molar-refractivity contribution in [1.29, 1.82) is 0 Å². The van der Waals surface area contributed by atoms with Crippen LogP contribution in [-0.2, 0) is 28.9 Å². The van der Waals surface area contributed by atoms with Crippen LogP contribution in [0.25, 0.3) is 0 Å². The quantitative estimate of drug-likeness (QED) is 0.0483. The fourth-order valence-electron chi connectivity index (χ4n) is 10.7. The van der Waals surface area contributed by atoms with Gasteiger partial charge in [0, 0.05) is 20.9 Å². The van der Waals surface area contributed by atoms with Crippen molar-refractivity contribution in [3.63, 3.8) is 0 Å². The third kappa shape index (κ3) is 41.1. The topological polar surface area (TPSA) is 55.4 Å². The first-order valence-corrected chi connectivity index (χ1v) is 38.1. The molecule has 0 aromatic heterocycles. The molecule has 6 nitrogen and oxygen atoms in total. The number of aryl methyl sites for hydroxylation is 2. The Hall–Kier alpha value is -0.910. The summed E-state index contributed by atoms with van der Waals surface area (Å²) in [6.07, 6.45) is 46.6. The summed E-state index contributed by atoms with van der Waals surface area (Å²) in [4.78, 5) is 2.46. The Morgan fingerprint density at radius 2 is 0.518 bits per heavy atom. The maximum atomic E-state index is 6.92. The van der Waals surface area contributed by atoms with Gasteiger partial charge in [-0.1, -0.05) is 314 Å². The minimum absolute atomic E-state index is 0.164. The lowest BCUT2D eigenvalue weighted by Gasteiger charge is -2.28. The van der Waals surface area contributed by atoms with Gasteiger partial charge in [-0.3, -0.25) is 0 Å². The predicted molar refractivity (Wildman–Crippen MR) is 368 cm³/mol. The Morgan fingerprint density at radius 3 is 0.723 bits per heavy atom. The van der Waals surface area contributed by atoms with Crippen LogP contribution in [0.3, 0.4) is 0 Å². The standard InChI is InChI=1S/C74H136O6P2S/c1-61(2)49-41-33-25-17-21-29-37-45-53-75-81(76-54-46-38-30-22-18-26-34-42-50-62(3)4)79-69-57-65(9)71(59-67(69)73(11,12)13)83-72-60-68(74(14,15)16)70(58-66(72)10)80-82(77-55-47-39-31-23-19-27-35-43-51-63(5)6)78-56-48-40-32-24-20-28-36-44-52-64(7)8/h57-64H,17-56H2,1-16H3. The minimum Gasteiger partial charge on any atom is -0.426 e. The molecule has 9 heteroatoms. The van der Waals surface area contributed by atoms with E-state index in [9.17, 15) is 0 Å². The zero-order valence-electron chi connectivity index (χ0n) is 57.7. The monoisotopic (exact) mass is 1210 g/mol. The molecule has 2 aromatic carbocycles.